The van der Waals surface area contributed by atoms with Crippen molar-refractivity contribution in [3.05, 3.63) is 166 Å². The van der Waals surface area contributed by atoms with Gasteiger partial charge in [-0.1, -0.05) is 48.5 Å². The van der Waals surface area contributed by atoms with Gasteiger partial charge in [0.05, 0.1) is 39.5 Å². The fraction of sp³-hybridized carbons (Fsp3) is 0.109. The van der Waals surface area contributed by atoms with Crippen LogP contribution in [0.5, 0.6) is 0 Å². The molecule has 0 radical (unpaired) electrons. The Bertz CT molecular complexity index is 3430. The molecule has 0 unspecified atom stereocenters. The van der Waals surface area contributed by atoms with E-state index in [0.29, 0.717) is 94.9 Å². The molecule has 0 atom stereocenters. The Labute approximate surface area is 399 Å². The number of rotatable bonds is 11. The quantitative estimate of drug-likeness (QED) is 0.0602. The Morgan fingerprint density at radius 1 is 0.443 bits per heavy atom. The van der Waals surface area contributed by atoms with Gasteiger partial charge >= 0.3 is 24.0 Å². The third-order valence-electron chi connectivity index (χ3n) is 11.5. The smallest absolute Gasteiger partial charge is 0.407 e. The van der Waals surface area contributed by atoms with Crippen molar-refractivity contribution >= 4 is 76.3 Å². The van der Waals surface area contributed by atoms with Gasteiger partial charge in [0.15, 0.2) is 0 Å². The summed E-state index contributed by atoms with van der Waals surface area (Å²) in [7, 11) is 0. The van der Waals surface area contributed by atoms with Gasteiger partial charge in [-0.2, -0.15) is 0 Å². The fourth-order valence-electron chi connectivity index (χ4n) is 8.30. The van der Waals surface area contributed by atoms with E-state index in [2.05, 4.69) is 20.6 Å². The van der Waals surface area contributed by atoms with Crippen molar-refractivity contribution in [1.82, 2.24) is 30.6 Å². The van der Waals surface area contributed by atoms with Gasteiger partial charge in [0.2, 0.25) is 0 Å². The van der Waals surface area contributed by atoms with E-state index in [-0.39, 0.29) is 35.7 Å². The number of ether oxygens (including phenoxy) is 1. The monoisotopic (exact) mass is 932 g/mol. The van der Waals surface area contributed by atoms with Crippen LogP contribution in [0, 0.1) is 0 Å². The first-order chi connectivity index (χ1) is 33.6. The van der Waals surface area contributed by atoms with E-state index in [9.17, 15) is 39.3 Å². The third kappa shape index (κ3) is 9.57. The molecule has 0 saturated heterocycles. The SMILES string of the molecule is CC(C)(C)OC(=O)NCCNC(=O)c1ccc(-c2c3nc(c(-c4ccc(C(=O)O)cc4)c4ccc([nH]4)c(-c4ccc(C(=O)O)cc4)c4nc(c(-c5ccc(C(=O)O)cc5)c5ccc2[nH]5)C=C4)C=C3)cc1. The summed E-state index contributed by atoms with van der Waals surface area (Å²) in [6.45, 7) is 5.62. The van der Waals surface area contributed by atoms with E-state index in [1.807, 2.05) is 60.7 Å². The number of aromatic amines is 2. The van der Waals surface area contributed by atoms with Crippen molar-refractivity contribution in [3.8, 4) is 44.5 Å². The van der Waals surface area contributed by atoms with E-state index in [1.165, 1.54) is 36.4 Å². The summed E-state index contributed by atoms with van der Waals surface area (Å²) in [6.07, 6.45) is 6.93. The average molecular weight is 933 g/mol. The normalized spacial score (nSPS) is 11.8. The first-order valence-corrected chi connectivity index (χ1v) is 22.1. The zero-order valence-electron chi connectivity index (χ0n) is 38.0. The second-order valence-corrected chi connectivity index (χ2v) is 17.4. The van der Waals surface area contributed by atoms with Crippen LogP contribution in [0.3, 0.4) is 0 Å². The second-order valence-electron chi connectivity index (χ2n) is 17.4. The standard InChI is InChI=1S/C55H44N6O9/c1-55(2,3)70-54(69)57-29-28-56-50(62)34-12-4-30(5-13-34)46-38-20-22-40(58-38)47(31-6-14-35(15-7-31)51(63)64)42-24-26-44(60-42)49(33-10-18-37(19-11-33)53(67)68)45-27-25-43(61-45)48(41-23-21-39(46)59-41)32-8-16-36(17-9-32)52(65)66/h4-27,58,61H,28-29H2,1-3H3,(H,56,62)(H,57,69)(H,63,64)(H,65,66)(H,67,68). The Morgan fingerprint density at radius 2 is 0.729 bits per heavy atom. The lowest BCUT2D eigenvalue weighted by molar-refractivity contribution is 0.0525. The molecule has 7 aromatic rings. The molecular weight excluding hydrogens is 889 g/mol. The summed E-state index contributed by atoms with van der Waals surface area (Å²) in [6, 6.07) is 34.2. The minimum atomic E-state index is -1.07. The predicted octanol–water partition coefficient (Wildman–Crippen LogP) is 10.7. The number of carboxylic acid groups (broad SMARTS) is 3. The summed E-state index contributed by atoms with van der Waals surface area (Å²) >= 11 is 0. The summed E-state index contributed by atoms with van der Waals surface area (Å²) in [5.74, 6) is -3.55. The van der Waals surface area contributed by atoms with Gasteiger partial charge in [0, 0.05) is 63.0 Å². The number of nitrogens with zero attached hydrogens (tertiary/aromatic N) is 2. The number of carbonyl (C=O) groups is 5. The number of amides is 2. The Balaban J connectivity index is 1.27. The molecule has 5 heterocycles. The number of carbonyl (C=O) groups excluding carboxylic acids is 2. The maximum absolute atomic E-state index is 13.3. The molecule has 9 rings (SSSR count). The molecule has 70 heavy (non-hydrogen) atoms. The van der Waals surface area contributed by atoms with Crippen LogP contribution in [0.15, 0.2) is 121 Å². The Morgan fingerprint density at radius 3 is 1.01 bits per heavy atom. The Kier molecular flexibility index (Phi) is 12.2. The molecule has 0 saturated carbocycles. The third-order valence-corrected chi connectivity index (χ3v) is 11.5. The number of H-pyrrole nitrogens is 2. The highest BCUT2D eigenvalue weighted by atomic mass is 16.6. The first-order valence-electron chi connectivity index (χ1n) is 22.1. The first kappa shape index (κ1) is 45.8. The molecule has 2 aliphatic heterocycles. The molecule has 0 spiro atoms. The lowest BCUT2D eigenvalue weighted by Gasteiger charge is -2.19. The molecular formula is C55H44N6O9. The lowest BCUT2D eigenvalue weighted by atomic mass is 10.0. The highest BCUT2D eigenvalue weighted by molar-refractivity contribution is 6.01. The molecule has 7 N–H and O–H groups in total. The van der Waals surface area contributed by atoms with E-state index in [4.69, 9.17) is 14.7 Å². The van der Waals surface area contributed by atoms with Crippen LogP contribution in [0.2, 0.25) is 0 Å². The van der Waals surface area contributed by atoms with E-state index in [1.54, 1.807) is 69.3 Å². The van der Waals surface area contributed by atoms with Crippen LogP contribution in [0.1, 0.15) is 85.0 Å². The van der Waals surface area contributed by atoms with Gasteiger partial charge < -0.3 is 40.7 Å². The number of aromatic carboxylic acids is 3. The molecule has 348 valence electrons. The summed E-state index contributed by atoms with van der Waals surface area (Å²) in [5.41, 5.74) is 10.3. The van der Waals surface area contributed by atoms with E-state index in [0.717, 1.165) is 0 Å². The molecule has 0 aliphatic carbocycles. The van der Waals surface area contributed by atoms with Crippen LogP contribution in [0.25, 0.3) is 90.9 Å². The van der Waals surface area contributed by atoms with Gasteiger partial charge in [0.1, 0.15) is 5.60 Å². The van der Waals surface area contributed by atoms with Crippen LogP contribution >= 0.6 is 0 Å². The van der Waals surface area contributed by atoms with Crippen LogP contribution < -0.4 is 10.6 Å². The minimum absolute atomic E-state index is 0.112. The van der Waals surface area contributed by atoms with E-state index < -0.39 is 29.6 Å². The lowest BCUT2D eigenvalue weighted by Crippen LogP contribution is -2.37. The summed E-state index contributed by atoms with van der Waals surface area (Å²) < 4.78 is 5.27. The van der Waals surface area contributed by atoms with Crippen LogP contribution in [-0.2, 0) is 4.74 Å². The molecule has 2 amide bonds. The van der Waals surface area contributed by atoms with Crippen molar-refractivity contribution in [2.24, 2.45) is 0 Å². The fourth-order valence-corrected chi connectivity index (χ4v) is 8.30. The molecule has 0 fully saturated rings. The zero-order chi connectivity index (χ0) is 49.3. The highest BCUT2D eigenvalue weighted by Gasteiger charge is 2.21. The molecule has 3 aromatic heterocycles. The van der Waals surface area contributed by atoms with Crippen molar-refractivity contribution in [3.63, 3.8) is 0 Å². The van der Waals surface area contributed by atoms with Crippen molar-refractivity contribution in [1.29, 1.82) is 0 Å². The Hall–Kier alpha value is -9.37. The topological polar surface area (TPSA) is 237 Å². The van der Waals surface area contributed by atoms with Crippen LogP contribution in [0.4, 0.5) is 4.79 Å². The average Bonchev–Trinajstić information content (AvgIpc) is 4.19. The zero-order valence-corrected chi connectivity index (χ0v) is 38.0. The number of benzene rings is 4. The molecule has 4 aromatic carbocycles. The number of alkyl carbamates (subject to hydrolysis) is 1. The maximum Gasteiger partial charge on any atom is 0.407 e. The number of hydrogen-bond donors (Lipinski definition) is 7. The number of hydrogen-bond acceptors (Lipinski definition) is 8. The summed E-state index contributed by atoms with van der Waals surface area (Å²) in [5, 5.41) is 34.7. The van der Waals surface area contributed by atoms with Crippen molar-refractivity contribution < 1.29 is 44.0 Å². The van der Waals surface area contributed by atoms with Crippen molar-refractivity contribution in [2.75, 3.05) is 13.1 Å². The van der Waals surface area contributed by atoms with E-state index >= 15 is 0 Å². The molecule has 2 aliphatic rings. The molecule has 15 heteroatoms. The van der Waals surface area contributed by atoms with Gasteiger partial charge in [0.25, 0.3) is 5.91 Å². The molecule has 8 bridgehead atoms. The largest absolute Gasteiger partial charge is 0.478 e. The maximum atomic E-state index is 13.3. The number of aromatic nitrogens is 4. The van der Waals surface area contributed by atoms with Gasteiger partial charge in [-0.15, -0.1) is 0 Å². The predicted molar refractivity (Wildman–Crippen MR) is 268 cm³/mol. The summed E-state index contributed by atoms with van der Waals surface area (Å²) in [4.78, 5) is 78.9. The second kappa shape index (κ2) is 18.7. The number of fused-ring (bicyclic) bond motifs is 8. The van der Waals surface area contributed by atoms with Gasteiger partial charge in [-0.3, -0.25) is 4.79 Å². The minimum Gasteiger partial charge on any atom is -0.478 e. The molecule has 15 nitrogen and oxygen atoms in total. The highest BCUT2D eigenvalue weighted by Crippen LogP contribution is 2.39. The number of carboxylic acids is 3. The van der Waals surface area contributed by atoms with Gasteiger partial charge in [-0.05, 0) is 140 Å². The number of nitrogens with one attached hydrogen (secondary N) is 4. The van der Waals surface area contributed by atoms with Crippen molar-refractivity contribution in [2.45, 2.75) is 26.4 Å². The van der Waals surface area contributed by atoms with Gasteiger partial charge in [-0.25, -0.2) is 29.1 Å². The van der Waals surface area contributed by atoms with Crippen LogP contribution in [-0.4, -0.2) is 83.9 Å².